The maximum Gasteiger partial charge on any atom is 0.0714 e. The smallest absolute Gasteiger partial charge is 0.0714 e. The molecule has 0 aliphatic carbocycles. The highest BCUT2D eigenvalue weighted by molar-refractivity contribution is 5.87. The van der Waals surface area contributed by atoms with E-state index in [1.807, 2.05) is 21.0 Å². The fourth-order valence-corrected chi connectivity index (χ4v) is 2.00. The van der Waals surface area contributed by atoms with E-state index in [0.29, 0.717) is 0 Å². The second-order valence-electron chi connectivity index (χ2n) is 4.85. The van der Waals surface area contributed by atoms with Crippen LogP contribution in [0.5, 0.6) is 0 Å². The first kappa shape index (κ1) is 13.7. The molecule has 1 unspecified atom stereocenters. The lowest BCUT2D eigenvalue weighted by Crippen LogP contribution is -2.36. The zero-order valence-corrected chi connectivity index (χ0v) is 11.4. The lowest BCUT2D eigenvalue weighted by atomic mass is 9.96. The third kappa shape index (κ3) is 3.56. The van der Waals surface area contributed by atoms with Gasteiger partial charge in [0.15, 0.2) is 0 Å². The first-order chi connectivity index (χ1) is 7.95. The molecule has 1 rings (SSSR count). The Morgan fingerprint density at radius 2 is 2.00 bits per heavy atom. The van der Waals surface area contributed by atoms with Crippen LogP contribution in [-0.2, 0) is 6.42 Å². The number of nitrogens with zero attached hydrogens (tertiary/aromatic N) is 2. The van der Waals surface area contributed by atoms with Crippen LogP contribution in [0.1, 0.15) is 23.6 Å². The minimum atomic E-state index is 0.139. The Hall–Kier alpha value is -1.35. The quantitative estimate of drug-likeness (QED) is 0.494. The molecule has 0 saturated heterocycles. The summed E-state index contributed by atoms with van der Waals surface area (Å²) in [6, 6.07) is 6.61. The fourth-order valence-electron chi connectivity index (χ4n) is 2.00. The Kier molecular flexibility index (Phi) is 4.70. The van der Waals surface area contributed by atoms with E-state index in [2.05, 4.69) is 42.1 Å². The molecular formula is C14H22N2O. The molecule has 0 aliphatic rings. The minimum Gasteiger partial charge on any atom is -0.411 e. The molecule has 0 fully saturated rings. The molecule has 0 aromatic heterocycles. The molecule has 3 nitrogen and oxygen atoms in total. The van der Waals surface area contributed by atoms with Crippen molar-refractivity contribution in [2.75, 3.05) is 14.1 Å². The molecule has 0 aliphatic heterocycles. The Morgan fingerprint density at radius 1 is 1.35 bits per heavy atom. The normalized spacial score (nSPS) is 14.1. The standard InChI is InChI=1S/C14H22N2O/c1-10-6-7-11(2)13(8-10)9-14(16(4)5)12(3)15-17/h6-8,14,17H,9H2,1-5H3. The van der Waals surface area contributed by atoms with Gasteiger partial charge >= 0.3 is 0 Å². The van der Waals surface area contributed by atoms with E-state index in [1.165, 1.54) is 16.7 Å². The highest BCUT2D eigenvalue weighted by atomic mass is 16.4. The van der Waals surface area contributed by atoms with E-state index in [9.17, 15) is 0 Å². The van der Waals surface area contributed by atoms with Gasteiger partial charge in [-0.1, -0.05) is 28.9 Å². The predicted molar refractivity (Wildman–Crippen MR) is 72.0 cm³/mol. The van der Waals surface area contributed by atoms with Crippen LogP contribution in [0.25, 0.3) is 0 Å². The van der Waals surface area contributed by atoms with Gasteiger partial charge in [-0.05, 0) is 52.4 Å². The molecular weight excluding hydrogens is 212 g/mol. The lowest BCUT2D eigenvalue weighted by Gasteiger charge is -2.24. The van der Waals surface area contributed by atoms with Crippen molar-refractivity contribution >= 4 is 5.71 Å². The summed E-state index contributed by atoms with van der Waals surface area (Å²) in [6.07, 6.45) is 0.871. The molecule has 0 amide bonds. The summed E-state index contributed by atoms with van der Waals surface area (Å²) >= 11 is 0. The molecule has 0 bridgehead atoms. The first-order valence-electron chi connectivity index (χ1n) is 5.86. The van der Waals surface area contributed by atoms with Gasteiger partial charge in [-0.3, -0.25) is 0 Å². The molecule has 94 valence electrons. The third-order valence-corrected chi connectivity index (χ3v) is 3.18. The van der Waals surface area contributed by atoms with Crippen molar-refractivity contribution < 1.29 is 5.21 Å². The van der Waals surface area contributed by atoms with Gasteiger partial charge in [0.2, 0.25) is 0 Å². The molecule has 1 N–H and O–H groups in total. The Balaban J connectivity index is 2.97. The maximum atomic E-state index is 8.92. The summed E-state index contributed by atoms with van der Waals surface area (Å²) in [7, 11) is 4.01. The van der Waals surface area contributed by atoms with Gasteiger partial charge in [-0.15, -0.1) is 0 Å². The van der Waals surface area contributed by atoms with E-state index >= 15 is 0 Å². The zero-order chi connectivity index (χ0) is 13.0. The highest BCUT2D eigenvalue weighted by Crippen LogP contribution is 2.15. The van der Waals surface area contributed by atoms with Crippen LogP contribution in [0.3, 0.4) is 0 Å². The van der Waals surface area contributed by atoms with E-state index in [1.54, 1.807) is 0 Å². The topological polar surface area (TPSA) is 35.8 Å². The van der Waals surface area contributed by atoms with E-state index in [-0.39, 0.29) is 6.04 Å². The summed E-state index contributed by atoms with van der Waals surface area (Å²) in [5.74, 6) is 0. The average molecular weight is 234 g/mol. The Labute approximate surface area is 104 Å². The molecule has 0 spiro atoms. The average Bonchev–Trinajstić information content (AvgIpc) is 2.28. The molecule has 0 radical (unpaired) electrons. The maximum absolute atomic E-state index is 8.92. The van der Waals surface area contributed by atoms with Crippen LogP contribution in [0.15, 0.2) is 23.4 Å². The van der Waals surface area contributed by atoms with Crippen molar-refractivity contribution in [3.05, 3.63) is 34.9 Å². The first-order valence-corrected chi connectivity index (χ1v) is 5.86. The van der Waals surface area contributed by atoms with Gasteiger partial charge in [0.05, 0.1) is 11.8 Å². The van der Waals surface area contributed by atoms with Crippen LogP contribution in [-0.4, -0.2) is 36.0 Å². The monoisotopic (exact) mass is 234 g/mol. The van der Waals surface area contributed by atoms with Crippen LogP contribution in [0, 0.1) is 13.8 Å². The number of hydrogen-bond acceptors (Lipinski definition) is 3. The second-order valence-corrected chi connectivity index (χ2v) is 4.85. The number of benzene rings is 1. The molecule has 17 heavy (non-hydrogen) atoms. The van der Waals surface area contributed by atoms with Crippen LogP contribution in [0.2, 0.25) is 0 Å². The molecule has 3 heteroatoms. The summed E-state index contributed by atoms with van der Waals surface area (Å²) < 4.78 is 0. The number of rotatable bonds is 4. The summed E-state index contributed by atoms with van der Waals surface area (Å²) in [5, 5.41) is 12.3. The van der Waals surface area contributed by atoms with E-state index in [0.717, 1.165) is 12.1 Å². The van der Waals surface area contributed by atoms with Gasteiger partial charge in [0.25, 0.3) is 0 Å². The summed E-state index contributed by atoms with van der Waals surface area (Å²) in [5.41, 5.74) is 4.61. The molecule has 1 aromatic carbocycles. The largest absolute Gasteiger partial charge is 0.411 e. The number of oxime groups is 1. The number of aryl methyl sites for hydroxylation is 2. The highest BCUT2D eigenvalue weighted by Gasteiger charge is 2.17. The molecule has 1 aromatic rings. The Bertz CT molecular complexity index is 411. The van der Waals surface area contributed by atoms with Crippen LogP contribution < -0.4 is 0 Å². The van der Waals surface area contributed by atoms with Gasteiger partial charge < -0.3 is 10.1 Å². The zero-order valence-electron chi connectivity index (χ0n) is 11.4. The van der Waals surface area contributed by atoms with Crippen molar-refractivity contribution in [2.24, 2.45) is 5.16 Å². The molecule has 1 atom stereocenters. The summed E-state index contributed by atoms with van der Waals surface area (Å²) in [4.78, 5) is 2.08. The lowest BCUT2D eigenvalue weighted by molar-refractivity contribution is 0.300. The third-order valence-electron chi connectivity index (χ3n) is 3.18. The molecule has 0 heterocycles. The minimum absolute atomic E-state index is 0.139. The number of hydrogen-bond donors (Lipinski definition) is 1. The van der Waals surface area contributed by atoms with Crippen molar-refractivity contribution in [2.45, 2.75) is 33.2 Å². The second kappa shape index (κ2) is 5.82. The van der Waals surface area contributed by atoms with Crippen LogP contribution >= 0.6 is 0 Å². The predicted octanol–water partition coefficient (Wildman–Crippen LogP) is 2.63. The molecule has 0 saturated carbocycles. The van der Waals surface area contributed by atoms with E-state index in [4.69, 9.17) is 5.21 Å². The fraction of sp³-hybridized carbons (Fsp3) is 0.500. The van der Waals surface area contributed by atoms with Crippen LogP contribution in [0.4, 0.5) is 0 Å². The van der Waals surface area contributed by atoms with Crippen molar-refractivity contribution in [3.63, 3.8) is 0 Å². The van der Waals surface area contributed by atoms with Gasteiger partial charge in [0.1, 0.15) is 0 Å². The summed E-state index contributed by atoms with van der Waals surface area (Å²) in [6.45, 7) is 6.07. The van der Waals surface area contributed by atoms with Gasteiger partial charge in [0, 0.05) is 0 Å². The SMILES string of the molecule is CC(=NO)C(Cc1cc(C)ccc1C)N(C)C. The van der Waals surface area contributed by atoms with Gasteiger partial charge in [-0.25, -0.2) is 0 Å². The van der Waals surface area contributed by atoms with Crippen molar-refractivity contribution in [1.29, 1.82) is 0 Å². The van der Waals surface area contributed by atoms with Crippen molar-refractivity contribution in [1.82, 2.24) is 4.90 Å². The van der Waals surface area contributed by atoms with Gasteiger partial charge in [-0.2, -0.15) is 0 Å². The number of likely N-dealkylation sites (N-methyl/N-ethyl adjacent to an activating group) is 1. The van der Waals surface area contributed by atoms with E-state index < -0.39 is 0 Å². The van der Waals surface area contributed by atoms with Crippen molar-refractivity contribution in [3.8, 4) is 0 Å². The Morgan fingerprint density at radius 3 is 2.53 bits per heavy atom.